The average molecular weight is 285 g/mol. The second kappa shape index (κ2) is 8.92. The Hall–Kier alpha value is -1.14. The van der Waals surface area contributed by atoms with Gasteiger partial charge in [0.2, 0.25) is 5.91 Å². The zero-order valence-corrected chi connectivity index (χ0v) is 12.6. The number of hydrogen-bond acceptors (Lipinski definition) is 4. The van der Waals surface area contributed by atoms with Crippen molar-refractivity contribution in [2.45, 2.75) is 39.2 Å². The molecule has 1 heterocycles. The molecular formula is C14H27N3O3. The molecule has 0 spiro atoms. The molecule has 2 N–H and O–H groups in total. The number of nitrogens with one attached hydrogen (secondary N) is 1. The molecule has 1 aliphatic rings. The van der Waals surface area contributed by atoms with Gasteiger partial charge in [0.15, 0.2) is 0 Å². The van der Waals surface area contributed by atoms with E-state index in [0.717, 1.165) is 38.9 Å². The Bertz CT molecular complexity index is 319. The van der Waals surface area contributed by atoms with Crippen molar-refractivity contribution in [2.24, 2.45) is 0 Å². The number of carbonyl (C=O) groups excluding carboxylic acids is 1. The second-order valence-electron chi connectivity index (χ2n) is 5.38. The van der Waals surface area contributed by atoms with Crippen LogP contribution in [0.5, 0.6) is 0 Å². The summed E-state index contributed by atoms with van der Waals surface area (Å²) >= 11 is 0. The number of hydrogen-bond donors (Lipinski definition) is 2. The normalized spacial score (nSPS) is 17.9. The molecule has 1 rings (SSSR count). The third-order valence-corrected chi connectivity index (χ3v) is 3.76. The lowest BCUT2D eigenvalue weighted by molar-refractivity contribution is -0.138. The van der Waals surface area contributed by atoms with E-state index in [1.807, 2.05) is 4.90 Å². The third kappa shape index (κ3) is 6.34. The van der Waals surface area contributed by atoms with Crippen molar-refractivity contribution >= 4 is 11.9 Å². The topological polar surface area (TPSA) is 72.9 Å². The summed E-state index contributed by atoms with van der Waals surface area (Å²) in [5.41, 5.74) is 0. The van der Waals surface area contributed by atoms with Crippen molar-refractivity contribution in [1.29, 1.82) is 0 Å². The predicted molar refractivity (Wildman–Crippen MR) is 77.6 cm³/mol. The lowest BCUT2D eigenvalue weighted by Crippen LogP contribution is -2.43. The van der Waals surface area contributed by atoms with Crippen LogP contribution in [-0.2, 0) is 9.59 Å². The van der Waals surface area contributed by atoms with Crippen molar-refractivity contribution in [1.82, 2.24) is 15.1 Å². The molecule has 20 heavy (non-hydrogen) atoms. The van der Waals surface area contributed by atoms with E-state index in [1.54, 1.807) is 0 Å². The van der Waals surface area contributed by atoms with Crippen LogP contribution in [0.4, 0.5) is 0 Å². The zero-order valence-electron chi connectivity index (χ0n) is 12.6. The van der Waals surface area contributed by atoms with E-state index in [-0.39, 0.29) is 18.5 Å². The highest BCUT2D eigenvalue weighted by molar-refractivity contribution is 5.78. The molecule has 6 nitrogen and oxygen atoms in total. The summed E-state index contributed by atoms with van der Waals surface area (Å²) in [6.45, 7) is 7.76. The molecule has 0 bridgehead atoms. The van der Waals surface area contributed by atoms with Crippen molar-refractivity contribution in [3.05, 3.63) is 0 Å². The summed E-state index contributed by atoms with van der Waals surface area (Å²) in [5.74, 6) is -0.713. The molecule has 0 unspecified atom stereocenters. The average Bonchev–Trinajstić information content (AvgIpc) is 2.61. The van der Waals surface area contributed by atoms with Crippen LogP contribution in [0.2, 0.25) is 0 Å². The maximum absolute atomic E-state index is 12.0. The van der Waals surface area contributed by atoms with Crippen molar-refractivity contribution in [3.63, 3.8) is 0 Å². The molecule has 0 saturated carbocycles. The van der Waals surface area contributed by atoms with Crippen LogP contribution in [0.25, 0.3) is 0 Å². The van der Waals surface area contributed by atoms with Crippen LogP contribution in [0.15, 0.2) is 0 Å². The summed E-state index contributed by atoms with van der Waals surface area (Å²) in [6.07, 6.45) is 2.81. The van der Waals surface area contributed by atoms with Gasteiger partial charge in [0.05, 0.1) is 13.1 Å². The molecule has 0 aromatic heterocycles. The Balaban J connectivity index is 2.34. The minimum absolute atomic E-state index is 0.0744. The molecule has 0 atom stereocenters. The second-order valence-corrected chi connectivity index (χ2v) is 5.38. The minimum Gasteiger partial charge on any atom is -0.480 e. The van der Waals surface area contributed by atoms with Gasteiger partial charge in [-0.2, -0.15) is 0 Å². The highest BCUT2D eigenvalue weighted by Gasteiger charge is 2.19. The van der Waals surface area contributed by atoms with E-state index in [9.17, 15) is 9.59 Å². The van der Waals surface area contributed by atoms with Crippen LogP contribution >= 0.6 is 0 Å². The van der Waals surface area contributed by atoms with Crippen molar-refractivity contribution < 1.29 is 14.7 Å². The molecule has 6 heteroatoms. The molecule has 1 fully saturated rings. The van der Waals surface area contributed by atoms with E-state index in [0.29, 0.717) is 13.1 Å². The van der Waals surface area contributed by atoms with Gasteiger partial charge >= 0.3 is 5.97 Å². The molecular weight excluding hydrogens is 258 g/mol. The highest BCUT2D eigenvalue weighted by atomic mass is 16.4. The maximum atomic E-state index is 12.0. The number of amides is 1. The fraction of sp³-hybridized carbons (Fsp3) is 0.857. The monoisotopic (exact) mass is 285 g/mol. The van der Waals surface area contributed by atoms with Gasteiger partial charge < -0.3 is 10.4 Å². The first-order valence-corrected chi connectivity index (χ1v) is 7.51. The van der Waals surface area contributed by atoms with Crippen LogP contribution < -0.4 is 5.32 Å². The molecule has 1 aliphatic heterocycles. The maximum Gasteiger partial charge on any atom is 0.317 e. The van der Waals surface area contributed by atoms with Crippen molar-refractivity contribution in [3.8, 4) is 0 Å². The van der Waals surface area contributed by atoms with Crippen LogP contribution in [-0.4, -0.2) is 72.1 Å². The largest absolute Gasteiger partial charge is 0.480 e. The fourth-order valence-corrected chi connectivity index (χ4v) is 2.50. The zero-order chi connectivity index (χ0) is 15.0. The molecule has 0 radical (unpaired) electrons. The SMILES string of the molecule is CCC(CC)NC(=O)CN1CCCN(CC(=O)O)CC1. The predicted octanol–water partition coefficient (Wildman–Crippen LogP) is 0.384. The molecule has 0 aromatic rings. The van der Waals surface area contributed by atoms with Crippen LogP contribution in [0.3, 0.4) is 0 Å². The van der Waals surface area contributed by atoms with Gasteiger partial charge in [-0.05, 0) is 25.8 Å². The van der Waals surface area contributed by atoms with Gasteiger partial charge in [-0.15, -0.1) is 0 Å². The molecule has 116 valence electrons. The minimum atomic E-state index is -0.787. The smallest absolute Gasteiger partial charge is 0.317 e. The quantitative estimate of drug-likeness (QED) is 0.707. The number of carboxylic acids is 1. The van der Waals surface area contributed by atoms with E-state index in [4.69, 9.17) is 5.11 Å². The summed E-state index contributed by atoms with van der Waals surface area (Å²) in [6, 6.07) is 0.262. The first-order valence-electron chi connectivity index (χ1n) is 7.51. The summed E-state index contributed by atoms with van der Waals surface area (Å²) in [4.78, 5) is 26.7. The van der Waals surface area contributed by atoms with Crippen LogP contribution in [0, 0.1) is 0 Å². The van der Waals surface area contributed by atoms with Gasteiger partial charge in [-0.25, -0.2) is 0 Å². The van der Waals surface area contributed by atoms with Gasteiger partial charge in [-0.3, -0.25) is 19.4 Å². The molecule has 1 saturated heterocycles. The number of nitrogens with zero attached hydrogens (tertiary/aromatic N) is 2. The lowest BCUT2D eigenvalue weighted by atomic mass is 10.2. The Labute approximate surface area is 121 Å². The Morgan fingerprint density at radius 3 is 2.10 bits per heavy atom. The van der Waals surface area contributed by atoms with Crippen molar-refractivity contribution in [2.75, 3.05) is 39.3 Å². The third-order valence-electron chi connectivity index (χ3n) is 3.76. The molecule has 0 aliphatic carbocycles. The van der Waals surface area contributed by atoms with Gasteiger partial charge in [0.25, 0.3) is 0 Å². The van der Waals surface area contributed by atoms with E-state index < -0.39 is 5.97 Å². The summed E-state index contributed by atoms with van der Waals surface area (Å²) in [7, 11) is 0. The standard InChI is InChI=1S/C14H27N3O3/c1-3-12(4-2)15-13(18)10-16-6-5-7-17(9-8-16)11-14(19)20/h12H,3-11H2,1-2H3,(H,15,18)(H,19,20). The Morgan fingerprint density at radius 1 is 1.05 bits per heavy atom. The van der Waals surface area contributed by atoms with E-state index in [2.05, 4.69) is 24.1 Å². The number of carbonyl (C=O) groups is 2. The summed E-state index contributed by atoms with van der Waals surface area (Å²) < 4.78 is 0. The Morgan fingerprint density at radius 2 is 1.60 bits per heavy atom. The Kier molecular flexibility index (Phi) is 7.54. The van der Waals surface area contributed by atoms with Crippen LogP contribution in [0.1, 0.15) is 33.1 Å². The summed E-state index contributed by atoms with van der Waals surface area (Å²) in [5, 5.41) is 11.8. The van der Waals surface area contributed by atoms with Gasteiger partial charge in [0, 0.05) is 25.7 Å². The number of carboxylic acid groups (broad SMARTS) is 1. The van der Waals surface area contributed by atoms with E-state index >= 15 is 0 Å². The molecule has 0 aromatic carbocycles. The fourth-order valence-electron chi connectivity index (χ4n) is 2.50. The lowest BCUT2D eigenvalue weighted by Gasteiger charge is -2.22. The molecule has 1 amide bonds. The number of rotatable bonds is 7. The van der Waals surface area contributed by atoms with Gasteiger partial charge in [-0.1, -0.05) is 13.8 Å². The van der Waals surface area contributed by atoms with Gasteiger partial charge in [0.1, 0.15) is 0 Å². The highest BCUT2D eigenvalue weighted by Crippen LogP contribution is 2.03. The number of aliphatic carboxylic acids is 1. The first kappa shape index (κ1) is 16.9. The van der Waals surface area contributed by atoms with E-state index in [1.165, 1.54) is 0 Å². The first-order chi connectivity index (χ1) is 9.55.